The van der Waals surface area contributed by atoms with Crippen LogP contribution in [-0.4, -0.2) is 39.9 Å². The maximum atomic E-state index is 12.0. The second-order valence-electron chi connectivity index (χ2n) is 4.83. The van der Waals surface area contributed by atoms with Crippen LogP contribution in [0.2, 0.25) is 0 Å². The summed E-state index contributed by atoms with van der Waals surface area (Å²) in [6, 6.07) is 6.56. The van der Waals surface area contributed by atoms with Crippen LogP contribution in [0.25, 0.3) is 0 Å². The van der Waals surface area contributed by atoms with E-state index in [9.17, 15) is 8.42 Å². The third-order valence-corrected chi connectivity index (χ3v) is 4.51. The summed E-state index contributed by atoms with van der Waals surface area (Å²) in [7, 11) is -3.46. The summed E-state index contributed by atoms with van der Waals surface area (Å²) in [4.78, 5) is 0.246. The highest BCUT2D eigenvalue weighted by molar-refractivity contribution is 7.89. The van der Waals surface area contributed by atoms with Crippen molar-refractivity contribution in [3.63, 3.8) is 0 Å². The number of rotatable bonds is 11. The van der Waals surface area contributed by atoms with Gasteiger partial charge in [0.2, 0.25) is 10.0 Å². The summed E-state index contributed by atoms with van der Waals surface area (Å²) in [6.45, 7) is 3.83. The maximum Gasteiger partial charge on any atom is 0.240 e. The van der Waals surface area contributed by atoms with Gasteiger partial charge in [-0.3, -0.25) is 0 Å². The van der Waals surface area contributed by atoms with Gasteiger partial charge in [-0.25, -0.2) is 13.1 Å². The van der Waals surface area contributed by atoms with E-state index in [1.54, 1.807) is 24.3 Å². The third-order valence-electron chi connectivity index (χ3n) is 3.03. The minimum absolute atomic E-state index is 0.0579. The molecule has 2 N–H and O–H groups in total. The van der Waals surface area contributed by atoms with E-state index in [1.807, 2.05) is 0 Å². The number of benzene rings is 1. The number of sulfonamides is 1. The number of ether oxygens (including phenoxy) is 1. The quantitative estimate of drug-likeness (QED) is 0.610. The first-order chi connectivity index (χ1) is 10.1. The number of unbranched alkanes of at least 4 members (excludes halogenated alkanes) is 1. The van der Waals surface area contributed by atoms with Crippen molar-refractivity contribution in [3.8, 4) is 0 Å². The molecule has 0 amide bonds. The number of hydrogen-bond acceptors (Lipinski definition) is 4. The Labute approximate surface area is 127 Å². The highest BCUT2D eigenvalue weighted by Gasteiger charge is 2.12. The van der Waals surface area contributed by atoms with Gasteiger partial charge in [0.05, 0.1) is 4.90 Å². The van der Waals surface area contributed by atoms with E-state index in [2.05, 4.69) is 11.6 Å². The topological polar surface area (TPSA) is 75.6 Å². The van der Waals surface area contributed by atoms with E-state index >= 15 is 0 Å². The zero-order chi connectivity index (χ0) is 15.6. The molecule has 120 valence electrons. The van der Waals surface area contributed by atoms with E-state index in [0.29, 0.717) is 26.0 Å². The van der Waals surface area contributed by atoms with Crippen LogP contribution in [0, 0.1) is 0 Å². The minimum Gasteiger partial charge on any atom is -0.396 e. The predicted molar refractivity (Wildman–Crippen MR) is 82.8 cm³/mol. The Morgan fingerprint density at radius 1 is 1.14 bits per heavy atom. The first-order valence-electron chi connectivity index (χ1n) is 7.37. The molecule has 0 aliphatic heterocycles. The average molecular weight is 315 g/mol. The van der Waals surface area contributed by atoms with Crippen LogP contribution in [-0.2, 0) is 21.2 Å². The molecule has 0 unspecified atom stereocenters. The number of aliphatic hydroxyl groups excluding tert-OH is 1. The highest BCUT2D eigenvalue weighted by Crippen LogP contribution is 2.10. The first kappa shape index (κ1) is 18.1. The van der Waals surface area contributed by atoms with E-state index < -0.39 is 10.0 Å². The molecule has 1 rings (SSSR count). The van der Waals surface area contributed by atoms with E-state index in [1.165, 1.54) is 0 Å². The SMILES string of the molecule is CCCCOCCCNS(=O)(=O)c1ccc(CCO)cc1. The van der Waals surface area contributed by atoms with Gasteiger partial charge in [0.1, 0.15) is 0 Å². The molecule has 0 aromatic heterocycles. The van der Waals surface area contributed by atoms with Crippen LogP contribution in [0.15, 0.2) is 29.2 Å². The lowest BCUT2D eigenvalue weighted by Crippen LogP contribution is -2.25. The van der Waals surface area contributed by atoms with Crippen molar-refractivity contribution in [1.82, 2.24) is 4.72 Å². The van der Waals surface area contributed by atoms with E-state index in [4.69, 9.17) is 9.84 Å². The van der Waals surface area contributed by atoms with Gasteiger partial charge in [0, 0.05) is 26.4 Å². The van der Waals surface area contributed by atoms with Crippen molar-refractivity contribution in [2.24, 2.45) is 0 Å². The Bertz CT molecular complexity index is 485. The van der Waals surface area contributed by atoms with Gasteiger partial charge < -0.3 is 9.84 Å². The van der Waals surface area contributed by atoms with Crippen molar-refractivity contribution in [3.05, 3.63) is 29.8 Å². The van der Waals surface area contributed by atoms with Gasteiger partial charge >= 0.3 is 0 Å². The molecule has 21 heavy (non-hydrogen) atoms. The number of hydrogen-bond donors (Lipinski definition) is 2. The largest absolute Gasteiger partial charge is 0.396 e. The summed E-state index contributed by atoms with van der Waals surface area (Å²) in [5.41, 5.74) is 0.917. The molecule has 0 aliphatic rings. The van der Waals surface area contributed by atoms with Gasteiger partial charge in [-0.1, -0.05) is 25.5 Å². The Balaban J connectivity index is 2.35. The Morgan fingerprint density at radius 3 is 2.43 bits per heavy atom. The lowest BCUT2D eigenvalue weighted by molar-refractivity contribution is 0.130. The fraction of sp³-hybridized carbons (Fsp3) is 0.600. The van der Waals surface area contributed by atoms with Crippen LogP contribution in [0.1, 0.15) is 31.7 Å². The molecule has 0 bridgehead atoms. The van der Waals surface area contributed by atoms with Gasteiger partial charge in [0.25, 0.3) is 0 Å². The predicted octanol–water partition coefficient (Wildman–Crippen LogP) is 1.71. The number of aliphatic hydroxyl groups is 1. The highest BCUT2D eigenvalue weighted by atomic mass is 32.2. The summed E-state index contributed by atoms with van der Waals surface area (Å²) in [5.74, 6) is 0. The van der Waals surface area contributed by atoms with Crippen molar-refractivity contribution in [1.29, 1.82) is 0 Å². The average Bonchev–Trinajstić information content (AvgIpc) is 2.47. The van der Waals surface area contributed by atoms with Crippen molar-refractivity contribution < 1.29 is 18.3 Å². The van der Waals surface area contributed by atoms with E-state index in [-0.39, 0.29) is 11.5 Å². The molecule has 0 fully saturated rings. The molecule has 0 spiro atoms. The van der Waals surface area contributed by atoms with Crippen molar-refractivity contribution in [2.45, 2.75) is 37.5 Å². The molecular weight excluding hydrogens is 290 g/mol. The summed E-state index contributed by atoms with van der Waals surface area (Å²) < 4.78 is 32.0. The second kappa shape index (κ2) is 9.89. The Morgan fingerprint density at radius 2 is 1.81 bits per heavy atom. The minimum atomic E-state index is -3.46. The zero-order valence-electron chi connectivity index (χ0n) is 12.5. The molecule has 0 saturated heterocycles. The molecule has 0 aliphatic carbocycles. The summed E-state index contributed by atoms with van der Waals surface area (Å²) >= 11 is 0. The molecule has 1 aromatic rings. The van der Waals surface area contributed by atoms with Crippen LogP contribution >= 0.6 is 0 Å². The fourth-order valence-electron chi connectivity index (χ4n) is 1.78. The molecule has 0 radical (unpaired) electrons. The van der Waals surface area contributed by atoms with Crippen LogP contribution < -0.4 is 4.72 Å². The molecule has 0 saturated carbocycles. The van der Waals surface area contributed by atoms with Crippen molar-refractivity contribution >= 4 is 10.0 Å². The fourth-order valence-corrected chi connectivity index (χ4v) is 2.85. The van der Waals surface area contributed by atoms with Gasteiger partial charge in [-0.2, -0.15) is 0 Å². The van der Waals surface area contributed by atoms with E-state index in [0.717, 1.165) is 25.0 Å². The smallest absolute Gasteiger partial charge is 0.240 e. The normalized spacial score (nSPS) is 11.7. The van der Waals surface area contributed by atoms with Crippen LogP contribution in [0.5, 0.6) is 0 Å². The van der Waals surface area contributed by atoms with Gasteiger partial charge in [-0.05, 0) is 37.0 Å². The molecule has 6 heteroatoms. The lowest BCUT2D eigenvalue weighted by atomic mass is 10.2. The van der Waals surface area contributed by atoms with Gasteiger partial charge in [-0.15, -0.1) is 0 Å². The zero-order valence-corrected chi connectivity index (χ0v) is 13.4. The molecule has 0 heterocycles. The Hall–Kier alpha value is -0.950. The first-order valence-corrected chi connectivity index (χ1v) is 8.85. The summed E-state index contributed by atoms with van der Waals surface area (Å²) in [6.07, 6.45) is 3.32. The number of nitrogens with one attached hydrogen (secondary N) is 1. The standard InChI is InChI=1S/C15H25NO4S/c1-2-3-12-20-13-4-10-16-21(18,19)15-7-5-14(6-8-15)9-11-17/h5-8,16-17H,2-4,9-13H2,1H3. The summed E-state index contributed by atoms with van der Waals surface area (Å²) in [5, 5.41) is 8.83. The van der Waals surface area contributed by atoms with Crippen molar-refractivity contribution in [2.75, 3.05) is 26.4 Å². The van der Waals surface area contributed by atoms with Crippen LogP contribution in [0.4, 0.5) is 0 Å². The second-order valence-corrected chi connectivity index (χ2v) is 6.60. The monoisotopic (exact) mass is 315 g/mol. The lowest BCUT2D eigenvalue weighted by Gasteiger charge is -2.08. The Kier molecular flexibility index (Phi) is 8.52. The molecular formula is C15H25NO4S. The third kappa shape index (κ3) is 7.04. The molecule has 1 aromatic carbocycles. The van der Waals surface area contributed by atoms with Crippen LogP contribution in [0.3, 0.4) is 0 Å². The van der Waals surface area contributed by atoms with Gasteiger partial charge in [0.15, 0.2) is 0 Å². The maximum absolute atomic E-state index is 12.0. The molecule has 5 nitrogen and oxygen atoms in total. The molecule has 0 atom stereocenters.